The summed E-state index contributed by atoms with van der Waals surface area (Å²) < 4.78 is 5.85. The van der Waals surface area contributed by atoms with Gasteiger partial charge in [-0.25, -0.2) is 0 Å². The van der Waals surface area contributed by atoms with Gasteiger partial charge in [0.05, 0.1) is 29.3 Å². The summed E-state index contributed by atoms with van der Waals surface area (Å²) in [6.07, 6.45) is 4.78. The number of benzene rings is 1. The molecular formula is C28H30N6OS. The molecule has 0 amide bonds. The molecule has 3 N–H and O–H groups in total. The van der Waals surface area contributed by atoms with Gasteiger partial charge in [0.2, 0.25) is 0 Å². The maximum absolute atomic E-state index is 7.60. The normalized spacial score (nSPS) is 19.2. The molecule has 1 fully saturated rings. The van der Waals surface area contributed by atoms with Crippen molar-refractivity contribution in [1.29, 1.82) is 5.41 Å². The molecule has 184 valence electrons. The van der Waals surface area contributed by atoms with Crippen molar-refractivity contribution in [1.82, 2.24) is 20.1 Å². The number of nitrogens with one attached hydrogen (secondary N) is 3. The predicted molar refractivity (Wildman–Crippen MR) is 146 cm³/mol. The molecule has 0 unspecified atom stereocenters. The first-order chi connectivity index (χ1) is 17.5. The zero-order valence-electron chi connectivity index (χ0n) is 20.8. The molecule has 3 aromatic heterocycles. The van der Waals surface area contributed by atoms with Crippen molar-refractivity contribution in [3.8, 4) is 33.0 Å². The first-order valence-corrected chi connectivity index (χ1v) is 13.2. The molecule has 0 spiro atoms. The number of anilines is 1. The van der Waals surface area contributed by atoms with Crippen LogP contribution in [0.5, 0.6) is 0 Å². The SMILES string of the molecule is CNc1cc(-c2n[nH]c3c2Cc2sc(-c4ccc(CN5C[C@@H](C)O[C@@H](C)C5)nc4)cc2-3)ccc1C=N. The summed E-state index contributed by atoms with van der Waals surface area (Å²) >= 11 is 1.84. The van der Waals surface area contributed by atoms with Gasteiger partial charge >= 0.3 is 0 Å². The molecule has 2 aliphatic rings. The van der Waals surface area contributed by atoms with Crippen LogP contribution >= 0.6 is 11.3 Å². The molecule has 7 nitrogen and oxygen atoms in total. The van der Waals surface area contributed by atoms with E-state index in [0.29, 0.717) is 0 Å². The van der Waals surface area contributed by atoms with Gasteiger partial charge < -0.3 is 15.5 Å². The Kier molecular flexibility index (Phi) is 5.95. The highest BCUT2D eigenvalue weighted by molar-refractivity contribution is 7.16. The average molecular weight is 499 g/mol. The van der Waals surface area contributed by atoms with Crippen LogP contribution in [0.2, 0.25) is 0 Å². The lowest BCUT2D eigenvalue weighted by Gasteiger charge is -2.35. The molecule has 1 saturated heterocycles. The van der Waals surface area contributed by atoms with E-state index in [9.17, 15) is 0 Å². The molecular weight excluding hydrogens is 468 g/mol. The van der Waals surface area contributed by atoms with Crippen molar-refractivity contribution in [3.63, 3.8) is 0 Å². The standard InChI is InChI=1S/C28H30N6OS/c1-16-13-34(14-17(2)35-16)15-21-7-6-20(12-31-21)25-9-22-26(36-25)10-23-27(32-33-28(22)23)18-4-5-19(11-29)24(8-18)30-3/h4-9,11-12,16-17,29-30H,10,13-15H2,1-3H3,(H,32,33)/t16-,17+. The van der Waals surface area contributed by atoms with Crippen molar-refractivity contribution in [2.24, 2.45) is 0 Å². The summed E-state index contributed by atoms with van der Waals surface area (Å²) in [5, 5.41) is 18.7. The zero-order chi connectivity index (χ0) is 24.8. The lowest BCUT2D eigenvalue weighted by molar-refractivity contribution is -0.0707. The highest BCUT2D eigenvalue weighted by atomic mass is 32.1. The van der Waals surface area contributed by atoms with Crippen molar-refractivity contribution in [2.75, 3.05) is 25.5 Å². The van der Waals surface area contributed by atoms with E-state index >= 15 is 0 Å². The Morgan fingerprint density at radius 2 is 1.97 bits per heavy atom. The number of hydrogen-bond donors (Lipinski definition) is 3. The van der Waals surface area contributed by atoms with E-state index in [4.69, 9.17) is 15.1 Å². The fourth-order valence-corrected chi connectivity index (χ4v) is 6.59. The molecule has 36 heavy (non-hydrogen) atoms. The number of H-pyrrole nitrogens is 1. The van der Waals surface area contributed by atoms with E-state index < -0.39 is 0 Å². The molecule has 6 rings (SSSR count). The van der Waals surface area contributed by atoms with Crippen LogP contribution in [-0.4, -0.2) is 58.6 Å². The fourth-order valence-electron chi connectivity index (χ4n) is 5.43. The van der Waals surface area contributed by atoms with E-state index in [0.717, 1.165) is 65.5 Å². The number of fused-ring (bicyclic) bond motifs is 3. The Balaban J connectivity index is 1.21. The van der Waals surface area contributed by atoms with Crippen LogP contribution in [0, 0.1) is 5.41 Å². The van der Waals surface area contributed by atoms with Gasteiger partial charge in [0, 0.05) is 88.8 Å². The van der Waals surface area contributed by atoms with Crippen LogP contribution in [0.3, 0.4) is 0 Å². The third-order valence-corrected chi connectivity index (χ3v) is 8.21. The third-order valence-electron chi connectivity index (χ3n) is 7.02. The number of hydrogen-bond acceptors (Lipinski definition) is 7. The summed E-state index contributed by atoms with van der Waals surface area (Å²) in [5.41, 5.74) is 9.70. The molecule has 1 aliphatic heterocycles. The van der Waals surface area contributed by atoms with E-state index in [-0.39, 0.29) is 12.2 Å². The first-order valence-electron chi connectivity index (χ1n) is 12.4. The predicted octanol–water partition coefficient (Wildman–Crippen LogP) is 5.42. The maximum atomic E-state index is 7.60. The van der Waals surface area contributed by atoms with Crippen molar-refractivity contribution >= 4 is 23.2 Å². The molecule has 8 heteroatoms. The molecule has 4 aromatic rings. The lowest BCUT2D eigenvalue weighted by Crippen LogP contribution is -2.44. The molecule has 1 aliphatic carbocycles. The maximum Gasteiger partial charge on any atom is 0.0963 e. The van der Waals surface area contributed by atoms with Gasteiger partial charge in [0.25, 0.3) is 0 Å². The number of rotatable bonds is 6. The third kappa shape index (κ3) is 4.15. The van der Waals surface area contributed by atoms with Crippen molar-refractivity contribution < 1.29 is 4.74 Å². The number of aromatic amines is 1. The highest BCUT2D eigenvalue weighted by Gasteiger charge is 2.28. The van der Waals surface area contributed by atoms with E-state index in [1.54, 1.807) is 0 Å². The first kappa shape index (κ1) is 23.1. The molecule has 4 heterocycles. The smallest absolute Gasteiger partial charge is 0.0963 e. The van der Waals surface area contributed by atoms with Crippen LogP contribution in [0.15, 0.2) is 42.6 Å². The Morgan fingerprint density at radius 3 is 2.69 bits per heavy atom. The van der Waals surface area contributed by atoms with Gasteiger partial charge in [0.15, 0.2) is 0 Å². The Morgan fingerprint density at radius 1 is 1.17 bits per heavy atom. The summed E-state index contributed by atoms with van der Waals surface area (Å²) in [4.78, 5) is 9.81. The van der Waals surface area contributed by atoms with Crippen LogP contribution in [0.4, 0.5) is 5.69 Å². The van der Waals surface area contributed by atoms with Crippen LogP contribution < -0.4 is 5.32 Å². The van der Waals surface area contributed by atoms with Crippen LogP contribution in [0.25, 0.3) is 33.0 Å². The number of ether oxygens (including phenoxy) is 1. The van der Waals surface area contributed by atoms with Crippen LogP contribution in [-0.2, 0) is 17.7 Å². The van der Waals surface area contributed by atoms with E-state index in [1.165, 1.54) is 27.1 Å². The summed E-state index contributed by atoms with van der Waals surface area (Å²) in [6.45, 7) is 7.02. The second kappa shape index (κ2) is 9.28. The number of pyridine rings is 1. The molecule has 1 aromatic carbocycles. The largest absolute Gasteiger partial charge is 0.388 e. The minimum atomic E-state index is 0.265. The molecule has 0 radical (unpaired) electrons. The topological polar surface area (TPSA) is 89.9 Å². The Hall–Kier alpha value is -3.33. The number of nitrogens with zero attached hydrogens (tertiary/aromatic N) is 3. The fraction of sp³-hybridized carbons (Fsp3) is 0.321. The second-order valence-corrected chi connectivity index (χ2v) is 10.9. The minimum Gasteiger partial charge on any atom is -0.388 e. The van der Waals surface area contributed by atoms with Crippen molar-refractivity contribution in [3.05, 3.63) is 64.3 Å². The second-order valence-electron chi connectivity index (χ2n) is 9.74. The molecule has 0 bridgehead atoms. The summed E-state index contributed by atoms with van der Waals surface area (Å²) in [6, 6.07) is 12.7. The highest BCUT2D eigenvalue weighted by Crippen LogP contribution is 2.46. The van der Waals surface area contributed by atoms with Crippen molar-refractivity contribution in [2.45, 2.75) is 39.0 Å². The van der Waals surface area contributed by atoms with Gasteiger partial charge in [-0.05, 0) is 32.0 Å². The summed E-state index contributed by atoms with van der Waals surface area (Å²) in [5.74, 6) is 0. The van der Waals surface area contributed by atoms with Crippen LogP contribution in [0.1, 0.15) is 35.5 Å². The number of morpholine rings is 1. The number of thiophene rings is 1. The van der Waals surface area contributed by atoms with Gasteiger partial charge in [-0.15, -0.1) is 11.3 Å². The molecule has 2 atom stereocenters. The van der Waals surface area contributed by atoms with E-state index in [2.05, 4.69) is 58.5 Å². The zero-order valence-corrected chi connectivity index (χ0v) is 21.6. The monoisotopic (exact) mass is 498 g/mol. The van der Waals surface area contributed by atoms with E-state index in [1.807, 2.05) is 36.7 Å². The molecule has 0 saturated carbocycles. The lowest BCUT2D eigenvalue weighted by atomic mass is 10.0. The minimum absolute atomic E-state index is 0.265. The van der Waals surface area contributed by atoms with Gasteiger partial charge in [-0.3, -0.25) is 15.0 Å². The van der Waals surface area contributed by atoms with Gasteiger partial charge in [-0.2, -0.15) is 5.10 Å². The Labute approximate surface area is 215 Å². The Bertz CT molecular complexity index is 1410. The van der Waals surface area contributed by atoms with Gasteiger partial charge in [0.1, 0.15) is 0 Å². The summed E-state index contributed by atoms with van der Waals surface area (Å²) in [7, 11) is 1.88. The number of aromatic nitrogens is 3. The quantitative estimate of drug-likeness (QED) is 0.272. The van der Waals surface area contributed by atoms with Gasteiger partial charge in [-0.1, -0.05) is 18.2 Å². The average Bonchev–Trinajstić information content (AvgIpc) is 3.55.